The molecule has 17 heavy (non-hydrogen) atoms. The number of nitrogens with zero attached hydrogens (tertiary/aromatic N) is 2. The van der Waals surface area contributed by atoms with E-state index >= 15 is 0 Å². The van der Waals surface area contributed by atoms with Gasteiger partial charge in [-0.2, -0.15) is 0 Å². The number of hydrogen-bond donors (Lipinski definition) is 1. The van der Waals surface area contributed by atoms with Crippen LogP contribution in [0.3, 0.4) is 0 Å². The lowest BCUT2D eigenvalue weighted by Crippen LogP contribution is -2.43. The van der Waals surface area contributed by atoms with E-state index in [-0.39, 0.29) is 5.91 Å². The van der Waals surface area contributed by atoms with E-state index < -0.39 is 0 Å². The summed E-state index contributed by atoms with van der Waals surface area (Å²) >= 11 is 0. The smallest absolute Gasteiger partial charge is 0.255 e. The fraction of sp³-hybridized carbons (Fsp3) is 0.538. The first-order chi connectivity index (χ1) is 8.06. The van der Waals surface area contributed by atoms with Gasteiger partial charge in [-0.25, -0.2) is 0 Å². The molecule has 1 aromatic heterocycles. The average Bonchev–Trinajstić information content (AvgIpc) is 2.26. The predicted molar refractivity (Wildman–Crippen MR) is 66.6 cm³/mol. The summed E-state index contributed by atoms with van der Waals surface area (Å²) in [5.74, 6) is 0.610. The number of carbonyl (C=O) groups excluding carboxylic acids is 1. The molecule has 2 N–H and O–H groups in total. The van der Waals surface area contributed by atoms with Crippen molar-refractivity contribution < 1.29 is 4.79 Å². The number of nitrogens with two attached hydrogens (primary N) is 1. The minimum absolute atomic E-state index is 0.0432. The summed E-state index contributed by atoms with van der Waals surface area (Å²) in [4.78, 5) is 17.9. The Morgan fingerprint density at radius 1 is 1.53 bits per heavy atom. The number of amides is 1. The molecule has 0 aromatic carbocycles. The summed E-state index contributed by atoms with van der Waals surface area (Å²) in [6, 6.07) is 2.21. The Morgan fingerprint density at radius 2 is 2.24 bits per heavy atom. The van der Waals surface area contributed by atoms with Crippen LogP contribution in [0.1, 0.15) is 28.8 Å². The third-order valence-corrected chi connectivity index (χ3v) is 3.27. The van der Waals surface area contributed by atoms with Gasteiger partial charge in [0.25, 0.3) is 5.91 Å². The molecule has 92 valence electrons. The number of pyridine rings is 1. The van der Waals surface area contributed by atoms with Gasteiger partial charge in [-0.1, -0.05) is 0 Å². The van der Waals surface area contributed by atoms with Crippen molar-refractivity contribution in [2.75, 3.05) is 13.6 Å². The molecule has 1 heterocycles. The van der Waals surface area contributed by atoms with Crippen LogP contribution in [0, 0.1) is 12.8 Å². The van der Waals surface area contributed by atoms with E-state index in [0.29, 0.717) is 17.5 Å². The molecule has 1 saturated carbocycles. The normalized spacial score (nSPS) is 23.0. The second-order valence-electron chi connectivity index (χ2n) is 5.03. The molecule has 1 aliphatic carbocycles. The van der Waals surface area contributed by atoms with E-state index in [9.17, 15) is 4.79 Å². The van der Waals surface area contributed by atoms with Gasteiger partial charge in [-0.3, -0.25) is 9.78 Å². The Balaban J connectivity index is 1.95. The maximum atomic E-state index is 12.1. The first-order valence-corrected chi connectivity index (χ1v) is 5.99. The number of rotatable bonds is 3. The van der Waals surface area contributed by atoms with E-state index in [4.69, 9.17) is 5.73 Å². The van der Waals surface area contributed by atoms with Gasteiger partial charge in [-0.15, -0.1) is 0 Å². The molecule has 0 aliphatic heterocycles. The SMILES string of the molecule is Cc1cncc(C(=O)N(C)CC2CC(N)C2)c1. The Morgan fingerprint density at radius 3 is 2.82 bits per heavy atom. The van der Waals surface area contributed by atoms with Crippen LogP contribution in [0.5, 0.6) is 0 Å². The predicted octanol–water partition coefficient (Wildman–Crippen LogP) is 1.20. The molecule has 4 heteroatoms. The van der Waals surface area contributed by atoms with E-state index in [1.54, 1.807) is 17.3 Å². The molecule has 0 unspecified atom stereocenters. The zero-order chi connectivity index (χ0) is 12.4. The van der Waals surface area contributed by atoms with Gasteiger partial charge in [0.1, 0.15) is 0 Å². The number of hydrogen-bond acceptors (Lipinski definition) is 3. The molecule has 0 bridgehead atoms. The quantitative estimate of drug-likeness (QED) is 0.853. The van der Waals surface area contributed by atoms with Gasteiger partial charge >= 0.3 is 0 Å². The highest BCUT2D eigenvalue weighted by Gasteiger charge is 2.28. The van der Waals surface area contributed by atoms with Crippen molar-refractivity contribution in [3.8, 4) is 0 Å². The highest BCUT2D eigenvalue weighted by Crippen LogP contribution is 2.26. The molecule has 0 radical (unpaired) electrons. The Bertz CT molecular complexity index is 413. The standard InChI is InChI=1S/C13H19N3O/c1-9-3-11(7-15-6-9)13(17)16(2)8-10-4-12(14)5-10/h3,6-7,10,12H,4-5,8,14H2,1-2H3. The second kappa shape index (κ2) is 4.84. The molecule has 0 spiro atoms. The maximum absolute atomic E-state index is 12.1. The van der Waals surface area contributed by atoms with Crippen LogP contribution < -0.4 is 5.73 Å². The molecule has 1 aliphatic rings. The van der Waals surface area contributed by atoms with Gasteiger partial charge in [0.05, 0.1) is 5.56 Å². The van der Waals surface area contributed by atoms with Crippen LogP contribution in [0.4, 0.5) is 0 Å². The van der Waals surface area contributed by atoms with Crippen molar-refractivity contribution in [3.63, 3.8) is 0 Å². The van der Waals surface area contributed by atoms with Crippen molar-refractivity contribution in [1.82, 2.24) is 9.88 Å². The van der Waals surface area contributed by atoms with Crippen LogP contribution in [0.15, 0.2) is 18.5 Å². The molecule has 0 atom stereocenters. The fourth-order valence-electron chi connectivity index (χ4n) is 2.30. The highest BCUT2D eigenvalue weighted by molar-refractivity contribution is 5.93. The van der Waals surface area contributed by atoms with Crippen molar-refractivity contribution in [2.45, 2.75) is 25.8 Å². The van der Waals surface area contributed by atoms with Crippen LogP contribution in [0.25, 0.3) is 0 Å². The van der Waals surface area contributed by atoms with Gasteiger partial charge in [0, 0.05) is 32.0 Å². The van der Waals surface area contributed by atoms with Crippen molar-refractivity contribution in [2.24, 2.45) is 11.7 Å². The molecule has 1 amide bonds. The summed E-state index contributed by atoms with van der Waals surface area (Å²) < 4.78 is 0. The van der Waals surface area contributed by atoms with E-state index in [2.05, 4.69) is 4.98 Å². The van der Waals surface area contributed by atoms with Gasteiger partial charge < -0.3 is 10.6 Å². The fourth-order valence-corrected chi connectivity index (χ4v) is 2.30. The van der Waals surface area contributed by atoms with Gasteiger partial charge in [0.2, 0.25) is 0 Å². The molecular formula is C13H19N3O. The Kier molecular flexibility index (Phi) is 3.43. The summed E-state index contributed by atoms with van der Waals surface area (Å²) in [6.07, 6.45) is 5.44. The third kappa shape index (κ3) is 2.82. The molecule has 1 fully saturated rings. The van der Waals surface area contributed by atoms with Gasteiger partial charge in [-0.05, 0) is 37.3 Å². The zero-order valence-electron chi connectivity index (χ0n) is 10.4. The number of carbonyl (C=O) groups is 1. The molecular weight excluding hydrogens is 214 g/mol. The van der Waals surface area contributed by atoms with Gasteiger partial charge in [0.15, 0.2) is 0 Å². The molecule has 1 aromatic rings. The van der Waals surface area contributed by atoms with E-state index in [1.807, 2.05) is 20.0 Å². The number of aromatic nitrogens is 1. The molecule has 0 saturated heterocycles. The lowest BCUT2D eigenvalue weighted by atomic mass is 9.80. The van der Waals surface area contributed by atoms with Crippen molar-refractivity contribution >= 4 is 5.91 Å². The third-order valence-electron chi connectivity index (χ3n) is 3.27. The lowest BCUT2D eigenvalue weighted by molar-refractivity contribution is 0.0733. The average molecular weight is 233 g/mol. The van der Waals surface area contributed by atoms with Crippen LogP contribution in [0.2, 0.25) is 0 Å². The number of aryl methyl sites for hydroxylation is 1. The lowest BCUT2D eigenvalue weighted by Gasteiger charge is -2.35. The molecule has 4 nitrogen and oxygen atoms in total. The summed E-state index contributed by atoms with van der Waals surface area (Å²) in [5.41, 5.74) is 7.41. The maximum Gasteiger partial charge on any atom is 0.255 e. The first kappa shape index (κ1) is 12.0. The monoisotopic (exact) mass is 233 g/mol. The summed E-state index contributed by atoms with van der Waals surface area (Å²) in [6.45, 7) is 2.73. The van der Waals surface area contributed by atoms with Crippen LogP contribution >= 0.6 is 0 Å². The second-order valence-corrected chi connectivity index (χ2v) is 5.03. The van der Waals surface area contributed by atoms with Crippen molar-refractivity contribution in [3.05, 3.63) is 29.6 Å². The summed E-state index contributed by atoms with van der Waals surface area (Å²) in [5, 5.41) is 0. The Hall–Kier alpha value is -1.42. The van der Waals surface area contributed by atoms with E-state index in [1.165, 1.54) is 0 Å². The first-order valence-electron chi connectivity index (χ1n) is 5.99. The van der Waals surface area contributed by atoms with Crippen molar-refractivity contribution in [1.29, 1.82) is 0 Å². The minimum atomic E-state index is 0.0432. The summed E-state index contributed by atoms with van der Waals surface area (Å²) in [7, 11) is 1.84. The zero-order valence-corrected chi connectivity index (χ0v) is 10.4. The van der Waals surface area contributed by atoms with Crippen LogP contribution in [-0.2, 0) is 0 Å². The Labute approximate surface area is 102 Å². The van der Waals surface area contributed by atoms with E-state index in [0.717, 1.165) is 24.9 Å². The highest BCUT2D eigenvalue weighted by atomic mass is 16.2. The largest absolute Gasteiger partial charge is 0.341 e. The minimum Gasteiger partial charge on any atom is -0.341 e. The molecule has 2 rings (SSSR count). The topological polar surface area (TPSA) is 59.2 Å². The van der Waals surface area contributed by atoms with Crippen LogP contribution in [-0.4, -0.2) is 35.4 Å².